The molecule has 1 N–H and O–H groups in total. The molecule has 2 aromatic heterocycles. The monoisotopic (exact) mass is 699 g/mol. The molecule has 2 fully saturated rings. The van der Waals surface area contributed by atoms with Crippen molar-refractivity contribution in [3.05, 3.63) is 70.5 Å². The first-order valence-corrected chi connectivity index (χ1v) is 19.2. The second-order valence-electron chi connectivity index (χ2n) is 14.1. The number of ether oxygens (including phenoxy) is 2. The van der Waals surface area contributed by atoms with E-state index in [1.54, 1.807) is 37.9 Å². The number of aromatic nitrogens is 3. The van der Waals surface area contributed by atoms with Gasteiger partial charge in [-0.05, 0) is 77.8 Å². The number of amides is 2. The number of nitrogens with zero attached hydrogens (tertiary/aromatic N) is 4. The Balaban J connectivity index is 1.43. The van der Waals surface area contributed by atoms with Gasteiger partial charge in [0.15, 0.2) is 0 Å². The minimum Gasteiger partial charge on any atom is -0.497 e. The van der Waals surface area contributed by atoms with Crippen LogP contribution in [0.15, 0.2) is 42.6 Å². The van der Waals surface area contributed by atoms with Crippen LogP contribution in [0.25, 0.3) is 33.8 Å². The smallest absolute Gasteiger partial charge is 0.264 e. The van der Waals surface area contributed by atoms with E-state index >= 15 is 0 Å². The van der Waals surface area contributed by atoms with Crippen LogP contribution >= 0.6 is 0 Å². The molecule has 50 heavy (non-hydrogen) atoms. The number of aryl methyl sites for hydroxylation is 1. The van der Waals surface area contributed by atoms with Crippen molar-refractivity contribution < 1.29 is 27.5 Å². The van der Waals surface area contributed by atoms with Gasteiger partial charge >= 0.3 is 0 Å². The number of fused-ring (bicyclic) bond motifs is 5. The Bertz CT molecular complexity index is 2100. The molecule has 2 amide bonds. The van der Waals surface area contributed by atoms with E-state index in [1.807, 2.05) is 36.2 Å². The lowest BCUT2D eigenvalue weighted by atomic mass is 9.81. The number of methoxy groups -OCH3 is 1. The first-order chi connectivity index (χ1) is 24.0. The number of carbonyl (C=O) groups is 2. The van der Waals surface area contributed by atoms with Crippen molar-refractivity contribution in [2.45, 2.75) is 58.4 Å². The highest BCUT2D eigenvalue weighted by Gasteiger charge is 2.32. The predicted octanol–water partition coefficient (Wildman–Crippen LogP) is 5.84. The molecule has 0 unspecified atom stereocenters. The zero-order chi connectivity index (χ0) is 35.2. The zero-order valence-corrected chi connectivity index (χ0v) is 30.0. The molecule has 2 aromatic carbocycles. The largest absolute Gasteiger partial charge is 0.497 e. The molecular weight excluding hydrogens is 655 g/mol. The lowest BCUT2D eigenvalue weighted by Crippen LogP contribution is -2.40. The standard InChI is InChI=1S/C38H45N5O6S/c1-24(2)23-50(46,47)40-37(44)26-10-12-31-33(20-26)43-22-28(35-32(21-39-41(35)3)38(45)42-14-16-49-17-15-42)18-27-19-29(48-4)11-13-30(27)36(43)34(31)25-8-6-5-7-9-25/h10-13,18-21,24-25H,5-9,14-17,22-23H2,1-4H3,(H,40,44). The summed E-state index contributed by atoms with van der Waals surface area (Å²) < 4.78 is 43.0. The Hall–Kier alpha value is -4.42. The number of allylic oxidation sites excluding steroid dienone is 1. The predicted molar refractivity (Wildman–Crippen MR) is 194 cm³/mol. The summed E-state index contributed by atoms with van der Waals surface area (Å²) in [6.45, 7) is 6.03. The minimum absolute atomic E-state index is 0.0885. The van der Waals surface area contributed by atoms with Crippen LogP contribution in [0.5, 0.6) is 5.75 Å². The molecule has 4 aromatic rings. The molecule has 7 rings (SSSR count). The fourth-order valence-corrected chi connectivity index (χ4v) is 9.28. The normalized spacial score (nSPS) is 16.9. The quantitative estimate of drug-likeness (QED) is 0.245. The minimum atomic E-state index is -3.81. The number of hydrogen-bond donors (Lipinski definition) is 1. The van der Waals surface area contributed by atoms with Gasteiger partial charge in [0, 0.05) is 42.2 Å². The summed E-state index contributed by atoms with van der Waals surface area (Å²) in [6, 6.07) is 11.6. The van der Waals surface area contributed by atoms with Crippen molar-refractivity contribution in [1.29, 1.82) is 0 Å². The Kier molecular flexibility index (Phi) is 9.34. The Labute approximate surface area is 293 Å². The van der Waals surface area contributed by atoms with Crippen molar-refractivity contribution in [3.63, 3.8) is 0 Å². The van der Waals surface area contributed by atoms with E-state index in [1.165, 1.54) is 12.0 Å². The Morgan fingerprint density at radius 3 is 2.52 bits per heavy atom. The summed E-state index contributed by atoms with van der Waals surface area (Å²) in [6.07, 6.45) is 9.40. The molecule has 0 atom stereocenters. The van der Waals surface area contributed by atoms with Crippen LogP contribution in [0.1, 0.15) is 89.4 Å². The van der Waals surface area contributed by atoms with Gasteiger partial charge in [-0.2, -0.15) is 5.10 Å². The average molecular weight is 700 g/mol. The third-order valence-electron chi connectivity index (χ3n) is 10.1. The third kappa shape index (κ3) is 6.46. The molecule has 0 bridgehead atoms. The van der Waals surface area contributed by atoms with Crippen molar-refractivity contribution in [2.75, 3.05) is 39.2 Å². The SMILES string of the molecule is COc1ccc2c(c1)C=C(c1c(C(=O)N3CCOCC3)cnn1C)Cn1c-2c(C2CCCCC2)c2ccc(C(=O)NS(=O)(=O)CC(C)C)cc21. The Morgan fingerprint density at radius 1 is 1.04 bits per heavy atom. The molecule has 264 valence electrons. The van der Waals surface area contributed by atoms with Gasteiger partial charge in [-0.3, -0.25) is 14.3 Å². The van der Waals surface area contributed by atoms with Crippen LogP contribution < -0.4 is 9.46 Å². The van der Waals surface area contributed by atoms with Crippen LogP contribution in [-0.2, 0) is 28.4 Å². The van der Waals surface area contributed by atoms with Crippen LogP contribution in [0.4, 0.5) is 0 Å². The zero-order valence-electron chi connectivity index (χ0n) is 29.2. The van der Waals surface area contributed by atoms with Gasteiger partial charge in [-0.25, -0.2) is 13.1 Å². The average Bonchev–Trinajstić information content (AvgIpc) is 3.59. The summed E-state index contributed by atoms with van der Waals surface area (Å²) in [5.41, 5.74) is 7.55. The summed E-state index contributed by atoms with van der Waals surface area (Å²) in [5, 5.41) is 5.62. The van der Waals surface area contributed by atoms with Crippen LogP contribution in [0.3, 0.4) is 0 Å². The van der Waals surface area contributed by atoms with Crippen LogP contribution in [0, 0.1) is 5.92 Å². The molecule has 2 aliphatic heterocycles. The van der Waals surface area contributed by atoms with Crippen molar-refractivity contribution in [1.82, 2.24) is 24.0 Å². The van der Waals surface area contributed by atoms with E-state index in [9.17, 15) is 18.0 Å². The lowest BCUT2D eigenvalue weighted by molar-refractivity contribution is 0.0302. The molecule has 1 saturated heterocycles. The van der Waals surface area contributed by atoms with Crippen molar-refractivity contribution >= 4 is 44.4 Å². The summed E-state index contributed by atoms with van der Waals surface area (Å²) in [4.78, 5) is 29.2. The number of rotatable bonds is 8. The molecule has 11 nitrogen and oxygen atoms in total. The number of carbonyl (C=O) groups excluding carboxylic acids is 2. The van der Waals surface area contributed by atoms with E-state index in [0.717, 1.165) is 70.4 Å². The maximum Gasteiger partial charge on any atom is 0.264 e. The van der Waals surface area contributed by atoms with Gasteiger partial charge in [0.1, 0.15) is 5.75 Å². The van der Waals surface area contributed by atoms with Crippen molar-refractivity contribution in [3.8, 4) is 17.0 Å². The highest BCUT2D eigenvalue weighted by atomic mass is 32.2. The highest BCUT2D eigenvalue weighted by molar-refractivity contribution is 7.90. The van der Waals surface area contributed by atoms with E-state index < -0.39 is 15.9 Å². The summed E-state index contributed by atoms with van der Waals surface area (Å²) in [5.74, 6) is 0.0341. The fourth-order valence-electron chi connectivity index (χ4n) is 7.92. The topological polar surface area (TPSA) is 125 Å². The molecular formula is C38H45N5O6S. The molecule has 3 aliphatic rings. The lowest BCUT2D eigenvalue weighted by Gasteiger charge is -2.27. The molecule has 4 heterocycles. The van der Waals surface area contributed by atoms with Gasteiger partial charge in [-0.15, -0.1) is 0 Å². The van der Waals surface area contributed by atoms with E-state index in [2.05, 4.69) is 26.5 Å². The van der Waals surface area contributed by atoms with E-state index in [0.29, 0.717) is 44.3 Å². The first kappa shape index (κ1) is 34.0. The Morgan fingerprint density at radius 2 is 1.80 bits per heavy atom. The van der Waals surface area contributed by atoms with Crippen LogP contribution in [0.2, 0.25) is 0 Å². The van der Waals surface area contributed by atoms with Gasteiger partial charge in [-0.1, -0.05) is 39.2 Å². The second-order valence-corrected chi connectivity index (χ2v) is 15.8. The van der Waals surface area contributed by atoms with Gasteiger partial charge < -0.3 is 18.9 Å². The third-order valence-corrected chi connectivity index (χ3v) is 11.7. The molecule has 1 saturated carbocycles. The molecule has 12 heteroatoms. The maximum absolute atomic E-state index is 13.9. The second kappa shape index (κ2) is 13.7. The fraction of sp³-hybridized carbons (Fsp3) is 0.447. The molecule has 0 radical (unpaired) electrons. The van der Waals surface area contributed by atoms with E-state index in [4.69, 9.17) is 9.47 Å². The summed E-state index contributed by atoms with van der Waals surface area (Å²) in [7, 11) is -0.302. The number of morpholine rings is 1. The highest BCUT2D eigenvalue weighted by Crippen LogP contribution is 2.48. The molecule has 1 aliphatic carbocycles. The van der Waals surface area contributed by atoms with Gasteiger partial charge in [0.25, 0.3) is 11.8 Å². The van der Waals surface area contributed by atoms with Gasteiger partial charge in [0.05, 0.1) is 55.8 Å². The first-order valence-electron chi connectivity index (χ1n) is 17.5. The van der Waals surface area contributed by atoms with Crippen LogP contribution in [-0.4, -0.2) is 78.6 Å². The van der Waals surface area contributed by atoms with Crippen molar-refractivity contribution in [2.24, 2.45) is 13.0 Å². The number of benzene rings is 2. The maximum atomic E-state index is 13.9. The van der Waals surface area contributed by atoms with Gasteiger partial charge in [0.2, 0.25) is 10.0 Å². The molecule has 0 spiro atoms. The summed E-state index contributed by atoms with van der Waals surface area (Å²) >= 11 is 0. The number of nitrogens with one attached hydrogen (secondary N) is 1. The number of sulfonamides is 1. The van der Waals surface area contributed by atoms with E-state index in [-0.39, 0.29) is 23.1 Å². The number of hydrogen-bond acceptors (Lipinski definition) is 7.